The molecule has 1 heterocycles. The van der Waals surface area contributed by atoms with E-state index in [9.17, 15) is 8.42 Å². The summed E-state index contributed by atoms with van der Waals surface area (Å²) in [5.74, 6) is 0.0341. The summed E-state index contributed by atoms with van der Waals surface area (Å²) in [5.41, 5.74) is 7.87. The van der Waals surface area contributed by atoms with E-state index in [1.165, 1.54) is 0 Å². The molecule has 0 radical (unpaired) electrons. The number of hydrogen-bond acceptors (Lipinski definition) is 4. The average Bonchev–Trinajstić information content (AvgIpc) is 2.41. The number of rotatable bonds is 4. The third-order valence-electron chi connectivity index (χ3n) is 3.00. The highest BCUT2D eigenvalue weighted by molar-refractivity contribution is 7.91. The minimum atomic E-state index is -3.36. The number of hydrogen-bond donors (Lipinski definition) is 1. The zero-order valence-electron chi connectivity index (χ0n) is 10.7. The molecule has 1 aromatic heterocycles. The van der Waals surface area contributed by atoms with Crippen LogP contribution in [-0.2, 0) is 16.3 Å². The second-order valence-corrected chi connectivity index (χ2v) is 6.49. The molecule has 0 fully saturated rings. The lowest BCUT2D eigenvalue weighted by molar-refractivity contribution is 0.595. The summed E-state index contributed by atoms with van der Waals surface area (Å²) in [6.45, 7) is 1.80. The van der Waals surface area contributed by atoms with Crippen LogP contribution in [0.5, 0.6) is 0 Å². The third-order valence-corrected chi connectivity index (χ3v) is 4.77. The molecule has 5 heteroatoms. The van der Waals surface area contributed by atoms with Crippen LogP contribution in [-0.4, -0.2) is 19.2 Å². The molecule has 0 amide bonds. The van der Waals surface area contributed by atoms with Gasteiger partial charge in [0.1, 0.15) is 0 Å². The molecule has 2 aromatic rings. The molecule has 100 valence electrons. The van der Waals surface area contributed by atoms with Gasteiger partial charge in [0.2, 0.25) is 0 Å². The number of benzene rings is 1. The van der Waals surface area contributed by atoms with E-state index in [0.717, 1.165) is 11.1 Å². The van der Waals surface area contributed by atoms with Crippen molar-refractivity contribution in [2.45, 2.75) is 18.2 Å². The summed E-state index contributed by atoms with van der Waals surface area (Å²) in [5, 5.41) is 0. The summed E-state index contributed by atoms with van der Waals surface area (Å²) in [6.07, 6.45) is 3.77. The molecule has 2 N–H and O–H groups in total. The smallest absolute Gasteiger partial charge is 0.180 e. The van der Waals surface area contributed by atoms with Crippen molar-refractivity contribution in [1.29, 1.82) is 0 Å². The van der Waals surface area contributed by atoms with Crippen LogP contribution in [0.1, 0.15) is 11.1 Å². The molecule has 1 aromatic carbocycles. The fourth-order valence-electron chi connectivity index (χ4n) is 1.83. The molecule has 19 heavy (non-hydrogen) atoms. The number of anilines is 1. The maximum atomic E-state index is 12.3. The highest BCUT2D eigenvalue weighted by Gasteiger charge is 2.18. The van der Waals surface area contributed by atoms with Crippen LogP contribution in [0.4, 0.5) is 5.69 Å². The van der Waals surface area contributed by atoms with Crippen molar-refractivity contribution in [3.05, 3.63) is 53.9 Å². The molecule has 0 aliphatic heterocycles. The van der Waals surface area contributed by atoms with E-state index in [1.54, 1.807) is 43.6 Å². The third kappa shape index (κ3) is 3.12. The Bertz CT molecular complexity index is 667. The van der Waals surface area contributed by atoms with Crippen LogP contribution in [0.25, 0.3) is 0 Å². The normalized spacial score (nSPS) is 11.4. The molecule has 0 spiro atoms. The van der Waals surface area contributed by atoms with Gasteiger partial charge in [-0.25, -0.2) is 8.42 Å². The van der Waals surface area contributed by atoms with Gasteiger partial charge in [-0.2, -0.15) is 0 Å². The van der Waals surface area contributed by atoms with Crippen LogP contribution in [0.2, 0.25) is 0 Å². The first kappa shape index (κ1) is 13.5. The summed E-state index contributed by atoms with van der Waals surface area (Å²) in [4.78, 5) is 4.19. The monoisotopic (exact) mass is 276 g/mol. The Hall–Kier alpha value is -1.88. The van der Waals surface area contributed by atoms with Gasteiger partial charge < -0.3 is 5.73 Å². The molecule has 0 unspecified atom stereocenters. The zero-order valence-corrected chi connectivity index (χ0v) is 11.5. The first-order chi connectivity index (χ1) is 9.00. The predicted molar refractivity (Wildman–Crippen MR) is 75.6 cm³/mol. The van der Waals surface area contributed by atoms with Gasteiger partial charge in [-0.15, -0.1) is 0 Å². The highest BCUT2D eigenvalue weighted by Crippen LogP contribution is 2.23. The molecule has 0 saturated carbocycles. The van der Waals surface area contributed by atoms with Crippen LogP contribution in [0.15, 0.2) is 47.6 Å². The Morgan fingerprint density at radius 1 is 1.21 bits per heavy atom. The van der Waals surface area contributed by atoms with Gasteiger partial charge in [-0.3, -0.25) is 4.98 Å². The van der Waals surface area contributed by atoms with Gasteiger partial charge in [0.15, 0.2) is 9.84 Å². The lowest BCUT2D eigenvalue weighted by atomic mass is 10.2. The molecule has 0 aliphatic carbocycles. The number of para-hydroxylation sites is 1. The summed E-state index contributed by atoms with van der Waals surface area (Å²) in [6, 6.07) is 8.73. The quantitative estimate of drug-likeness (QED) is 0.867. The van der Waals surface area contributed by atoms with E-state index in [-0.39, 0.29) is 10.6 Å². The number of nitrogens with zero attached hydrogens (tertiary/aromatic N) is 1. The van der Waals surface area contributed by atoms with Crippen molar-refractivity contribution in [2.24, 2.45) is 0 Å². The van der Waals surface area contributed by atoms with Crippen molar-refractivity contribution in [3.63, 3.8) is 0 Å². The lowest BCUT2D eigenvalue weighted by Gasteiger charge is -2.09. The average molecular weight is 276 g/mol. The summed E-state index contributed by atoms with van der Waals surface area (Å²) < 4.78 is 24.6. The van der Waals surface area contributed by atoms with E-state index < -0.39 is 9.84 Å². The minimum Gasteiger partial charge on any atom is -0.397 e. The van der Waals surface area contributed by atoms with E-state index in [2.05, 4.69) is 4.98 Å². The molecular weight excluding hydrogens is 260 g/mol. The first-order valence-corrected chi connectivity index (χ1v) is 7.63. The molecular formula is C14H16N2O2S. The van der Waals surface area contributed by atoms with E-state index in [0.29, 0.717) is 12.1 Å². The fraction of sp³-hybridized carbons (Fsp3) is 0.214. The standard InChI is InChI=1S/C14H16N2O2S/c1-11-4-2-6-13(14(11)15)19(17,18)9-7-12-5-3-8-16-10-12/h2-6,8,10H,7,9,15H2,1H3. The van der Waals surface area contributed by atoms with Crippen LogP contribution >= 0.6 is 0 Å². The number of pyridine rings is 1. The van der Waals surface area contributed by atoms with E-state index >= 15 is 0 Å². The van der Waals surface area contributed by atoms with Gasteiger partial charge in [0, 0.05) is 12.4 Å². The highest BCUT2D eigenvalue weighted by atomic mass is 32.2. The molecule has 4 nitrogen and oxygen atoms in total. The van der Waals surface area contributed by atoms with Crippen LogP contribution < -0.4 is 5.73 Å². The van der Waals surface area contributed by atoms with Gasteiger partial charge in [-0.1, -0.05) is 18.2 Å². The molecule has 0 aliphatic rings. The number of sulfone groups is 1. The molecule has 0 atom stereocenters. The molecule has 0 saturated heterocycles. The predicted octanol–water partition coefficient (Wildman–Crippen LogP) is 1.99. The van der Waals surface area contributed by atoms with E-state index in [4.69, 9.17) is 5.73 Å². The fourth-order valence-corrected chi connectivity index (χ4v) is 3.34. The van der Waals surface area contributed by atoms with Crippen molar-refractivity contribution in [2.75, 3.05) is 11.5 Å². The molecule has 0 bridgehead atoms. The van der Waals surface area contributed by atoms with Gasteiger partial charge in [0.05, 0.1) is 16.3 Å². The first-order valence-electron chi connectivity index (χ1n) is 5.97. The van der Waals surface area contributed by atoms with Crippen LogP contribution in [0.3, 0.4) is 0 Å². The largest absolute Gasteiger partial charge is 0.397 e. The minimum absolute atomic E-state index is 0.0341. The summed E-state index contributed by atoms with van der Waals surface area (Å²) >= 11 is 0. The Morgan fingerprint density at radius 3 is 2.68 bits per heavy atom. The maximum Gasteiger partial charge on any atom is 0.180 e. The summed E-state index contributed by atoms with van der Waals surface area (Å²) in [7, 11) is -3.36. The van der Waals surface area contributed by atoms with Gasteiger partial charge in [0.25, 0.3) is 0 Å². The van der Waals surface area contributed by atoms with Crippen molar-refractivity contribution in [3.8, 4) is 0 Å². The Morgan fingerprint density at radius 2 is 2.00 bits per heavy atom. The Labute approximate surface area is 113 Å². The van der Waals surface area contributed by atoms with E-state index in [1.807, 2.05) is 6.07 Å². The van der Waals surface area contributed by atoms with Gasteiger partial charge >= 0.3 is 0 Å². The maximum absolute atomic E-state index is 12.3. The topological polar surface area (TPSA) is 73.0 Å². The number of aromatic nitrogens is 1. The van der Waals surface area contributed by atoms with Crippen molar-refractivity contribution < 1.29 is 8.42 Å². The van der Waals surface area contributed by atoms with Gasteiger partial charge in [-0.05, 0) is 36.6 Å². The van der Waals surface area contributed by atoms with Crippen molar-refractivity contribution in [1.82, 2.24) is 4.98 Å². The van der Waals surface area contributed by atoms with Crippen molar-refractivity contribution >= 4 is 15.5 Å². The number of nitrogens with two attached hydrogens (primary N) is 1. The second kappa shape index (κ2) is 5.40. The number of aryl methyl sites for hydroxylation is 2. The Balaban J connectivity index is 2.22. The van der Waals surface area contributed by atoms with Crippen LogP contribution in [0, 0.1) is 6.92 Å². The Kier molecular flexibility index (Phi) is 3.85. The second-order valence-electron chi connectivity index (χ2n) is 4.42. The molecule has 2 rings (SSSR count). The SMILES string of the molecule is Cc1cccc(S(=O)(=O)CCc2cccnc2)c1N. The number of nitrogen functional groups attached to an aromatic ring is 1. The lowest BCUT2D eigenvalue weighted by Crippen LogP contribution is -2.12. The zero-order chi connectivity index (χ0) is 13.9.